The minimum Gasteiger partial charge on any atom is -0.205 e. The second kappa shape index (κ2) is 2.30. The van der Waals surface area contributed by atoms with Crippen LogP contribution in [0.2, 0.25) is 0 Å². The van der Waals surface area contributed by atoms with Gasteiger partial charge in [-0.05, 0) is 0 Å². The molecule has 0 saturated carbocycles. The molecule has 44 valence electrons. The first-order chi connectivity index (χ1) is 3.89. The van der Waals surface area contributed by atoms with Crippen molar-refractivity contribution in [2.45, 2.75) is 6.92 Å². The van der Waals surface area contributed by atoms with Crippen LogP contribution < -0.4 is 11.1 Å². The Balaban J connectivity index is 2.51. The van der Waals surface area contributed by atoms with Crippen LogP contribution in [0.15, 0.2) is 10.2 Å². The van der Waals surface area contributed by atoms with Crippen LogP contribution in [-0.4, -0.2) is 12.4 Å². The summed E-state index contributed by atoms with van der Waals surface area (Å²) < 4.78 is 0. The van der Waals surface area contributed by atoms with Crippen molar-refractivity contribution >= 4 is 12.4 Å². The van der Waals surface area contributed by atoms with Gasteiger partial charge in [-0.15, -0.1) is 0 Å². The van der Waals surface area contributed by atoms with E-state index in [0.29, 0.717) is 5.92 Å². The fourth-order valence-electron chi connectivity index (χ4n) is 0.406. The summed E-state index contributed by atoms with van der Waals surface area (Å²) in [4.78, 5) is 0. The molecule has 0 saturated heterocycles. The quantitative estimate of drug-likeness (QED) is 0.452. The van der Waals surface area contributed by atoms with E-state index in [2.05, 4.69) is 21.3 Å². The molecule has 0 atom stereocenters. The van der Waals surface area contributed by atoms with Gasteiger partial charge in [0.15, 0.2) is 0 Å². The highest BCUT2D eigenvalue weighted by Crippen LogP contribution is 1.84. The van der Waals surface area contributed by atoms with E-state index in [0.717, 1.165) is 0 Å². The SMILES string of the molecule is CC1C=NNNN=C1. The molecule has 1 aliphatic heterocycles. The molecule has 0 spiro atoms. The van der Waals surface area contributed by atoms with E-state index in [1.165, 1.54) is 0 Å². The molecule has 0 aromatic heterocycles. The number of hydrogen-bond acceptors (Lipinski definition) is 4. The van der Waals surface area contributed by atoms with Gasteiger partial charge in [-0.2, -0.15) is 10.2 Å². The van der Waals surface area contributed by atoms with Gasteiger partial charge in [0.1, 0.15) is 0 Å². The summed E-state index contributed by atoms with van der Waals surface area (Å²) in [6, 6.07) is 0. The smallest absolute Gasteiger partial charge is 0.0345 e. The molecule has 0 aromatic rings. The summed E-state index contributed by atoms with van der Waals surface area (Å²) in [5, 5.41) is 7.48. The first kappa shape index (κ1) is 5.08. The van der Waals surface area contributed by atoms with E-state index in [1.54, 1.807) is 12.4 Å². The summed E-state index contributed by atoms with van der Waals surface area (Å²) in [6.07, 6.45) is 3.53. The molecular formula is C4H8N4. The van der Waals surface area contributed by atoms with Gasteiger partial charge in [0.2, 0.25) is 0 Å². The van der Waals surface area contributed by atoms with Crippen molar-refractivity contribution in [2.24, 2.45) is 16.1 Å². The van der Waals surface area contributed by atoms with Gasteiger partial charge in [0.25, 0.3) is 0 Å². The third-order valence-corrected chi connectivity index (χ3v) is 0.798. The molecule has 0 radical (unpaired) electrons. The summed E-state index contributed by atoms with van der Waals surface area (Å²) >= 11 is 0. The van der Waals surface area contributed by atoms with E-state index in [9.17, 15) is 0 Å². The fraction of sp³-hybridized carbons (Fsp3) is 0.500. The van der Waals surface area contributed by atoms with Crippen molar-refractivity contribution in [3.8, 4) is 0 Å². The Kier molecular flexibility index (Phi) is 1.46. The molecule has 2 N–H and O–H groups in total. The second-order valence-corrected chi connectivity index (χ2v) is 1.64. The fourth-order valence-corrected chi connectivity index (χ4v) is 0.406. The predicted molar refractivity (Wildman–Crippen MR) is 32.4 cm³/mol. The van der Waals surface area contributed by atoms with E-state index in [1.807, 2.05) is 6.92 Å². The van der Waals surface area contributed by atoms with E-state index < -0.39 is 0 Å². The molecule has 0 aliphatic carbocycles. The van der Waals surface area contributed by atoms with Crippen LogP contribution in [0.25, 0.3) is 0 Å². The van der Waals surface area contributed by atoms with Gasteiger partial charge >= 0.3 is 0 Å². The molecule has 8 heavy (non-hydrogen) atoms. The number of hydrogen-bond donors (Lipinski definition) is 2. The van der Waals surface area contributed by atoms with Crippen molar-refractivity contribution in [3.63, 3.8) is 0 Å². The lowest BCUT2D eigenvalue weighted by Gasteiger charge is -1.89. The molecule has 1 heterocycles. The molecule has 4 heteroatoms. The maximum atomic E-state index is 3.74. The zero-order chi connectivity index (χ0) is 5.82. The van der Waals surface area contributed by atoms with Crippen LogP contribution in [0.4, 0.5) is 0 Å². The Bertz CT molecular complexity index is 103. The topological polar surface area (TPSA) is 48.8 Å². The first-order valence-corrected chi connectivity index (χ1v) is 2.46. The normalized spacial score (nSPS) is 19.1. The lowest BCUT2D eigenvalue weighted by molar-refractivity contribution is 0.593. The molecule has 0 fully saturated rings. The summed E-state index contributed by atoms with van der Waals surface area (Å²) in [5.41, 5.74) is 5.00. The zero-order valence-electron chi connectivity index (χ0n) is 4.63. The second-order valence-electron chi connectivity index (χ2n) is 1.64. The van der Waals surface area contributed by atoms with Crippen molar-refractivity contribution in [1.29, 1.82) is 0 Å². The minimum absolute atomic E-state index is 0.317. The Labute approximate surface area is 47.6 Å². The summed E-state index contributed by atoms with van der Waals surface area (Å²) in [5.74, 6) is 0.317. The van der Waals surface area contributed by atoms with Gasteiger partial charge in [-0.1, -0.05) is 6.92 Å². The van der Waals surface area contributed by atoms with Crippen LogP contribution in [0.5, 0.6) is 0 Å². The average Bonchev–Trinajstić information content (AvgIpc) is 1.94. The van der Waals surface area contributed by atoms with Crippen LogP contribution in [0, 0.1) is 5.92 Å². The number of nitrogens with zero attached hydrogens (tertiary/aromatic N) is 2. The van der Waals surface area contributed by atoms with Crippen molar-refractivity contribution < 1.29 is 0 Å². The molecular weight excluding hydrogens is 104 g/mol. The largest absolute Gasteiger partial charge is 0.205 e. The molecule has 1 rings (SSSR count). The molecule has 1 aliphatic rings. The van der Waals surface area contributed by atoms with Crippen molar-refractivity contribution in [1.82, 2.24) is 11.1 Å². The first-order valence-electron chi connectivity index (χ1n) is 2.46. The summed E-state index contributed by atoms with van der Waals surface area (Å²) in [6.45, 7) is 2.00. The number of nitrogens with one attached hydrogen (secondary N) is 2. The van der Waals surface area contributed by atoms with Gasteiger partial charge in [0.05, 0.1) is 0 Å². The van der Waals surface area contributed by atoms with Gasteiger partial charge in [0, 0.05) is 18.3 Å². The highest BCUT2D eigenvalue weighted by atomic mass is 15.7. The number of hydrazone groups is 2. The Morgan fingerprint density at radius 3 is 2.25 bits per heavy atom. The Hall–Kier alpha value is -1.06. The van der Waals surface area contributed by atoms with E-state index in [4.69, 9.17) is 0 Å². The van der Waals surface area contributed by atoms with Crippen molar-refractivity contribution in [3.05, 3.63) is 0 Å². The van der Waals surface area contributed by atoms with Crippen LogP contribution in [0.3, 0.4) is 0 Å². The number of hydrazine groups is 1. The predicted octanol–water partition coefficient (Wildman–Crippen LogP) is -0.298. The monoisotopic (exact) mass is 112 g/mol. The van der Waals surface area contributed by atoms with Gasteiger partial charge < -0.3 is 0 Å². The Morgan fingerprint density at radius 1 is 1.25 bits per heavy atom. The number of rotatable bonds is 0. The standard InChI is InChI=1S/C4H8N4/c1-4-2-5-7-8-6-3-4/h2-4,7-8H,1H3. The Morgan fingerprint density at radius 2 is 1.75 bits per heavy atom. The van der Waals surface area contributed by atoms with E-state index in [-0.39, 0.29) is 0 Å². The highest BCUT2D eigenvalue weighted by molar-refractivity contribution is 5.82. The third kappa shape index (κ3) is 1.22. The van der Waals surface area contributed by atoms with Crippen LogP contribution >= 0.6 is 0 Å². The maximum Gasteiger partial charge on any atom is 0.0345 e. The van der Waals surface area contributed by atoms with Crippen LogP contribution in [0.1, 0.15) is 6.92 Å². The van der Waals surface area contributed by atoms with E-state index >= 15 is 0 Å². The lowest BCUT2D eigenvalue weighted by atomic mass is 10.2. The summed E-state index contributed by atoms with van der Waals surface area (Å²) in [7, 11) is 0. The lowest BCUT2D eigenvalue weighted by Crippen LogP contribution is -2.18. The van der Waals surface area contributed by atoms with Crippen molar-refractivity contribution in [2.75, 3.05) is 0 Å². The third-order valence-electron chi connectivity index (χ3n) is 0.798. The van der Waals surface area contributed by atoms with Gasteiger partial charge in [-0.25, -0.2) is 11.1 Å². The average molecular weight is 112 g/mol. The molecule has 4 nitrogen and oxygen atoms in total. The molecule has 0 aromatic carbocycles. The van der Waals surface area contributed by atoms with Gasteiger partial charge in [-0.3, -0.25) is 0 Å². The van der Waals surface area contributed by atoms with Crippen LogP contribution in [-0.2, 0) is 0 Å². The zero-order valence-corrected chi connectivity index (χ0v) is 4.63. The highest BCUT2D eigenvalue weighted by Gasteiger charge is 1.92. The minimum atomic E-state index is 0.317. The maximum absolute atomic E-state index is 3.74. The molecule has 0 bridgehead atoms. The molecule has 0 unspecified atom stereocenters. The molecule has 0 amide bonds.